The smallest absolute Gasteiger partial charge is 0.308 e. The molecule has 2 aliphatic rings. The summed E-state index contributed by atoms with van der Waals surface area (Å²) in [7, 11) is 2.93. The maximum Gasteiger partial charge on any atom is 0.308 e. The summed E-state index contributed by atoms with van der Waals surface area (Å²) in [6.45, 7) is 0.722. The Morgan fingerprint density at radius 3 is 2.52 bits per heavy atom. The lowest BCUT2D eigenvalue weighted by molar-refractivity contribution is -0.142. The van der Waals surface area contributed by atoms with Crippen molar-refractivity contribution in [2.45, 2.75) is 12.8 Å². The van der Waals surface area contributed by atoms with Gasteiger partial charge < -0.3 is 19.5 Å². The van der Waals surface area contributed by atoms with Crippen LogP contribution < -0.4 is 9.47 Å². The Balaban J connectivity index is 1.82. The van der Waals surface area contributed by atoms with E-state index in [9.17, 15) is 14.7 Å². The van der Waals surface area contributed by atoms with Crippen molar-refractivity contribution in [3.05, 3.63) is 17.7 Å². The van der Waals surface area contributed by atoms with Gasteiger partial charge in [0.2, 0.25) is 11.8 Å². The number of ether oxygens (including phenoxy) is 2. The molecule has 7 heteroatoms. The van der Waals surface area contributed by atoms with Gasteiger partial charge in [0.25, 0.3) is 5.91 Å². The molecular weight excluding hydrogens is 300 g/mol. The van der Waals surface area contributed by atoms with Gasteiger partial charge in [-0.05, 0) is 30.7 Å². The van der Waals surface area contributed by atoms with Gasteiger partial charge in [-0.2, -0.15) is 4.98 Å². The van der Waals surface area contributed by atoms with Crippen molar-refractivity contribution in [1.82, 2.24) is 9.88 Å². The molecule has 0 radical (unpaired) electrons. The number of nitrogens with zero attached hydrogens (tertiary/aromatic N) is 2. The highest BCUT2D eigenvalue weighted by Crippen LogP contribution is 2.44. The van der Waals surface area contributed by atoms with E-state index >= 15 is 0 Å². The zero-order chi connectivity index (χ0) is 16.6. The number of rotatable bonds is 5. The lowest BCUT2D eigenvalue weighted by Crippen LogP contribution is -2.30. The first-order valence-electron chi connectivity index (χ1n) is 7.66. The Kier molecular flexibility index (Phi) is 4.11. The van der Waals surface area contributed by atoms with Crippen LogP contribution >= 0.6 is 0 Å². The number of hydrogen-bond acceptors (Lipinski definition) is 5. The first-order chi connectivity index (χ1) is 11.0. The van der Waals surface area contributed by atoms with Crippen molar-refractivity contribution in [3.63, 3.8) is 0 Å². The largest absolute Gasteiger partial charge is 0.481 e. The molecule has 2 heterocycles. The van der Waals surface area contributed by atoms with E-state index < -0.39 is 11.9 Å². The van der Waals surface area contributed by atoms with Crippen LogP contribution in [0.5, 0.6) is 11.8 Å². The predicted octanol–water partition coefficient (Wildman–Crippen LogP) is 1.28. The van der Waals surface area contributed by atoms with Crippen LogP contribution in [0.1, 0.15) is 23.2 Å². The highest BCUT2D eigenvalue weighted by molar-refractivity contribution is 5.97. The Labute approximate surface area is 134 Å². The molecule has 0 aromatic carbocycles. The predicted molar refractivity (Wildman–Crippen MR) is 80.6 cm³/mol. The number of hydrogen-bond donors (Lipinski definition) is 1. The van der Waals surface area contributed by atoms with Gasteiger partial charge >= 0.3 is 5.97 Å². The van der Waals surface area contributed by atoms with E-state index in [1.165, 1.54) is 14.2 Å². The second kappa shape index (κ2) is 6.06. The third-order valence-electron chi connectivity index (χ3n) is 4.66. The molecule has 2 fully saturated rings. The molecule has 1 aromatic heterocycles. The summed E-state index contributed by atoms with van der Waals surface area (Å²) < 4.78 is 10.2. The van der Waals surface area contributed by atoms with Crippen molar-refractivity contribution < 1.29 is 24.2 Å². The van der Waals surface area contributed by atoms with Gasteiger partial charge in [-0.3, -0.25) is 9.59 Å². The molecule has 1 aliphatic carbocycles. The summed E-state index contributed by atoms with van der Waals surface area (Å²) in [4.78, 5) is 29.9. The summed E-state index contributed by atoms with van der Waals surface area (Å²) in [5.41, 5.74) is 0.328. The minimum absolute atomic E-state index is 0.0497. The van der Waals surface area contributed by atoms with E-state index in [2.05, 4.69) is 4.98 Å². The fourth-order valence-electron chi connectivity index (χ4n) is 3.28. The van der Waals surface area contributed by atoms with Crippen LogP contribution in [-0.4, -0.2) is 54.2 Å². The number of amides is 1. The maximum atomic E-state index is 12.8. The fourth-order valence-corrected chi connectivity index (χ4v) is 3.28. The van der Waals surface area contributed by atoms with Gasteiger partial charge in [0.1, 0.15) is 5.56 Å². The number of aliphatic carboxylic acids is 1. The van der Waals surface area contributed by atoms with E-state index in [0.29, 0.717) is 23.9 Å². The Bertz CT molecular complexity index is 629. The van der Waals surface area contributed by atoms with E-state index in [0.717, 1.165) is 12.8 Å². The molecule has 3 rings (SSSR count). The number of methoxy groups -OCH3 is 2. The Hall–Kier alpha value is -2.31. The molecule has 124 valence electrons. The third-order valence-corrected chi connectivity index (χ3v) is 4.66. The van der Waals surface area contributed by atoms with Crippen molar-refractivity contribution in [3.8, 4) is 11.8 Å². The third kappa shape index (κ3) is 2.95. The zero-order valence-electron chi connectivity index (χ0n) is 13.2. The van der Waals surface area contributed by atoms with E-state index in [1.807, 2.05) is 0 Å². The molecule has 0 unspecified atom stereocenters. The van der Waals surface area contributed by atoms with Crippen molar-refractivity contribution in [2.24, 2.45) is 17.8 Å². The molecule has 2 atom stereocenters. The molecule has 1 aromatic rings. The molecule has 1 aliphatic heterocycles. The number of carboxylic acids is 1. The first-order valence-corrected chi connectivity index (χ1v) is 7.66. The van der Waals surface area contributed by atoms with Crippen LogP contribution in [-0.2, 0) is 4.79 Å². The van der Waals surface area contributed by atoms with Crippen LogP contribution in [0.2, 0.25) is 0 Å². The topological polar surface area (TPSA) is 89.0 Å². The molecule has 0 bridgehead atoms. The normalized spacial score (nSPS) is 23.7. The lowest BCUT2D eigenvalue weighted by atomic mass is 9.92. The number of pyridine rings is 1. The average Bonchev–Trinajstić information content (AvgIpc) is 3.31. The molecule has 1 amide bonds. The molecular formula is C16H20N2O5. The molecule has 1 saturated carbocycles. The molecule has 7 nitrogen and oxygen atoms in total. The van der Waals surface area contributed by atoms with Crippen molar-refractivity contribution in [1.29, 1.82) is 0 Å². The fraction of sp³-hybridized carbons (Fsp3) is 0.562. The van der Waals surface area contributed by atoms with E-state index in [-0.39, 0.29) is 24.2 Å². The summed E-state index contributed by atoms with van der Waals surface area (Å²) in [5, 5.41) is 9.41. The van der Waals surface area contributed by atoms with Gasteiger partial charge in [-0.15, -0.1) is 0 Å². The van der Waals surface area contributed by atoms with Gasteiger partial charge in [0.15, 0.2) is 0 Å². The second-order valence-electron chi connectivity index (χ2n) is 6.07. The SMILES string of the molecule is COc1ccc(C(=O)N2C[C@@H](C(=O)O)[C@H](C3CC3)C2)c(OC)n1. The highest BCUT2D eigenvalue weighted by atomic mass is 16.5. The Morgan fingerprint density at radius 2 is 1.96 bits per heavy atom. The van der Waals surface area contributed by atoms with Gasteiger partial charge in [-0.25, -0.2) is 0 Å². The maximum absolute atomic E-state index is 12.8. The number of likely N-dealkylation sites (tertiary alicyclic amines) is 1. The van der Waals surface area contributed by atoms with Crippen LogP contribution in [0.15, 0.2) is 12.1 Å². The average molecular weight is 320 g/mol. The van der Waals surface area contributed by atoms with E-state index in [4.69, 9.17) is 9.47 Å². The minimum atomic E-state index is -0.822. The summed E-state index contributed by atoms with van der Waals surface area (Å²) in [6.07, 6.45) is 2.12. The number of carbonyl (C=O) groups excluding carboxylic acids is 1. The summed E-state index contributed by atoms with van der Waals surface area (Å²) in [5.74, 6) is -0.513. The number of carboxylic acid groups (broad SMARTS) is 1. The standard InChI is InChI=1S/C16H20N2O5/c1-22-13-6-5-10(14(17-13)23-2)15(19)18-7-11(9-3-4-9)12(8-18)16(20)21/h5-6,9,11-12H,3-4,7-8H2,1-2H3,(H,20,21)/t11-,12+/m0/s1. The molecule has 23 heavy (non-hydrogen) atoms. The van der Waals surface area contributed by atoms with Crippen LogP contribution in [0.3, 0.4) is 0 Å². The minimum Gasteiger partial charge on any atom is -0.481 e. The van der Waals surface area contributed by atoms with Crippen LogP contribution in [0.4, 0.5) is 0 Å². The summed E-state index contributed by atoms with van der Waals surface area (Å²) in [6, 6.07) is 3.20. The quantitative estimate of drug-likeness (QED) is 0.879. The number of carbonyl (C=O) groups is 2. The monoisotopic (exact) mass is 320 g/mol. The lowest BCUT2D eigenvalue weighted by Gasteiger charge is -2.17. The summed E-state index contributed by atoms with van der Waals surface area (Å²) >= 11 is 0. The Morgan fingerprint density at radius 1 is 1.22 bits per heavy atom. The molecule has 0 spiro atoms. The van der Waals surface area contributed by atoms with Gasteiger partial charge in [-0.1, -0.05) is 0 Å². The van der Waals surface area contributed by atoms with Crippen molar-refractivity contribution in [2.75, 3.05) is 27.3 Å². The molecule has 1 N–H and O–H groups in total. The van der Waals surface area contributed by atoms with E-state index in [1.54, 1.807) is 17.0 Å². The first kappa shape index (κ1) is 15.6. The number of aromatic nitrogens is 1. The van der Waals surface area contributed by atoms with Gasteiger partial charge in [0, 0.05) is 19.2 Å². The second-order valence-corrected chi connectivity index (χ2v) is 6.07. The highest BCUT2D eigenvalue weighted by Gasteiger charge is 2.47. The van der Waals surface area contributed by atoms with Gasteiger partial charge in [0.05, 0.1) is 20.1 Å². The zero-order valence-corrected chi connectivity index (χ0v) is 13.2. The molecule has 1 saturated heterocycles. The van der Waals surface area contributed by atoms with Crippen LogP contribution in [0.25, 0.3) is 0 Å². The van der Waals surface area contributed by atoms with Crippen LogP contribution in [0, 0.1) is 17.8 Å². The van der Waals surface area contributed by atoms with Crippen molar-refractivity contribution >= 4 is 11.9 Å².